The lowest BCUT2D eigenvalue weighted by molar-refractivity contribution is 0.462. The first-order valence-corrected chi connectivity index (χ1v) is 6.14. The molecule has 0 radical (unpaired) electrons. The van der Waals surface area contributed by atoms with E-state index in [-0.39, 0.29) is 6.04 Å². The molecule has 0 saturated heterocycles. The van der Waals surface area contributed by atoms with Crippen LogP contribution in [0, 0.1) is 0 Å². The number of hydrogen-bond acceptors (Lipinski definition) is 2. The molecule has 1 aromatic heterocycles. The van der Waals surface area contributed by atoms with Gasteiger partial charge in [0.25, 0.3) is 0 Å². The van der Waals surface area contributed by atoms with E-state index in [0.717, 1.165) is 10.8 Å². The molecule has 0 fully saturated rings. The summed E-state index contributed by atoms with van der Waals surface area (Å²) in [6, 6.07) is 11.6. The Bertz CT molecular complexity index is 478. The first kappa shape index (κ1) is 12.5. The van der Waals surface area contributed by atoms with Crippen molar-refractivity contribution in [1.82, 2.24) is 5.32 Å². The number of hydrogen-bond donors (Lipinski definition) is 1. The SMILES string of the molecule is C[C@H](NCc1ccc(Cl)o1)c1ccc(Cl)cc1. The van der Waals surface area contributed by atoms with E-state index in [2.05, 4.69) is 12.2 Å². The number of rotatable bonds is 4. The van der Waals surface area contributed by atoms with E-state index in [1.54, 1.807) is 6.07 Å². The van der Waals surface area contributed by atoms with Gasteiger partial charge in [0.15, 0.2) is 5.22 Å². The molecule has 1 aromatic carbocycles. The lowest BCUT2D eigenvalue weighted by atomic mass is 10.1. The molecule has 2 aromatic rings. The maximum Gasteiger partial charge on any atom is 0.193 e. The fraction of sp³-hybridized carbons (Fsp3) is 0.231. The Morgan fingerprint density at radius 3 is 2.41 bits per heavy atom. The highest BCUT2D eigenvalue weighted by Crippen LogP contribution is 2.18. The summed E-state index contributed by atoms with van der Waals surface area (Å²) in [5.41, 5.74) is 1.19. The van der Waals surface area contributed by atoms with Gasteiger partial charge in [-0.2, -0.15) is 0 Å². The van der Waals surface area contributed by atoms with Crippen LogP contribution < -0.4 is 5.32 Å². The van der Waals surface area contributed by atoms with Crippen LogP contribution in [0.1, 0.15) is 24.3 Å². The standard InChI is InChI=1S/C13H13Cl2NO/c1-9(10-2-4-11(14)5-3-10)16-8-12-6-7-13(15)17-12/h2-7,9,16H,8H2,1H3/t9-/m0/s1. The maximum absolute atomic E-state index is 5.84. The second-order valence-electron chi connectivity index (χ2n) is 3.86. The van der Waals surface area contributed by atoms with E-state index < -0.39 is 0 Å². The van der Waals surface area contributed by atoms with Gasteiger partial charge in [-0.1, -0.05) is 23.7 Å². The van der Waals surface area contributed by atoms with Gasteiger partial charge in [-0.3, -0.25) is 0 Å². The van der Waals surface area contributed by atoms with Crippen LogP contribution >= 0.6 is 23.2 Å². The molecule has 2 nitrogen and oxygen atoms in total. The van der Waals surface area contributed by atoms with Crippen LogP contribution in [0.2, 0.25) is 10.2 Å². The summed E-state index contributed by atoms with van der Waals surface area (Å²) in [4.78, 5) is 0. The zero-order valence-corrected chi connectivity index (χ0v) is 10.9. The van der Waals surface area contributed by atoms with Crippen molar-refractivity contribution in [1.29, 1.82) is 0 Å². The third kappa shape index (κ3) is 3.50. The number of benzene rings is 1. The molecule has 0 spiro atoms. The molecule has 1 N–H and O–H groups in total. The highest BCUT2D eigenvalue weighted by molar-refractivity contribution is 6.30. The van der Waals surface area contributed by atoms with Gasteiger partial charge in [0.2, 0.25) is 0 Å². The minimum atomic E-state index is 0.233. The molecule has 0 unspecified atom stereocenters. The monoisotopic (exact) mass is 269 g/mol. The minimum absolute atomic E-state index is 0.233. The van der Waals surface area contributed by atoms with Gasteiger partial charge >= 0.3 is 0 Å². The van der Waals surface area contributed by atoms with Gasteiger partial charge in [0, 0.05) is 11.1 Å². The molecule has 2 rings (SSSR count). The molecule has 17 heavy (non-hydrogen) atoms. The smallest absolute Gasteiger partial charge is 0.193 e. The van der Waals surface area contributed by atoms with Gasteiger partial charge < -0.3 is 9.73 Å². The van der Waals surface area contributed by atoms with Crippen LogP contribution in [0.15, 0.2) is 40.8 Å². The van der Waals surface area contributed by atoms with Crippen molar-refractivity contribution < 1.29 is 4.42 Å². The van der Waals surface area contributed by atoms with E-state index >= 15 is 0 Å². The zero-order chi connectivity index (χ0) is 12.3. The Morgan fingerprint density at radius 2 is 1.82 bits per heavy atom. The summed E-state index contributed by atoms with van der Waals surface area (Å²) in [6.45, 7) is 2.74. The lowest BCUT2D eigenvalue weighted by Crippen LogP contribution is -2.17. The molecular formula is C13H13Cl2NO. The Morgan fingerprint density at radius 1 is 1.12 bits per heavy atom. The number of halogens is 2. The zero-order valence-electron chi connectivity index (χ0n) is 9.41. The van der Waals surface area contributed by atoms with Crippen LogP contribution in [-0.2, 0) is 6.54 Å². The maximum atomic E-state index is 5.84. The van der Waals surface area contributed by atoms with Gasteiger partial charge in [-0.15, -0.1) is 0 Å². The molecule has 0 aliphatic rings. The summed E-state index contributed by atoms with van der Waals surface area (Å²) in [7, 11) is 0. The molecule has 4 heteroatoms. The second kappa shape index (κ2) is 5.58. The number of furan rings is 1. The van der Waals surface area contributed by atoms with Crippen molar-refractivity contribution in [2.75, 3.05) is 0 Å². The van der Waals surface area contributed by atoms with E-state index in [1.807, 2.05) is 30.3 Å². The third-order valence-corrected chi connectivity index (χ3v) is 3.04. The van der Waals surface area contributed by atoms with Crippen molar-refractivity contribution >= 4 is 23.2 Å². The normalized spacial score (nSPS) is 12.6. The van der Waals surface area contributed by atoms with E-state index in [1.165, 1.54) is 5.56 Å². The van der Waals surface area contributed by atoms with Gasteiger partial charge in [0.1, 0.15) is 5.76 Å². The van der Waals surface area contributed by atoms with Gasteiger partial charge in [0.05, 0.1) is 6.54 Å². The Hall–Kier alpha value is -0.960. The molecule has 0 saturated carbocycles. The molecule has 1 heterocycles. The molecule has 1 atom stereocenters. The Kier molecular flexibility index (Phi) is 4.11. The number of nitrogens with one attached hydrogen (secondary N) is 1. The van der Waals surface area contributed by atoms with Crippen molar-refractivity contribution in [3.05, 3.63) is 58.0 Å². The highest BCUT2D eigenvalue weighted by Gasteiger charge is 2.06. The fourth-order valence-electron chi connectivity index (χ4n) is 1.57. The average Bonchev–Trinajstić information content (AvgIpc) is 2.73. The average molecular weight is 270 g/mol. The quantitative estimate of drug-likeness (QED) is 0.888. The highest BCUT2D eigenvalue weighted by atomic mass is 35.5. The first-order chi connectivity index (χ1) is 8.15. The molecule has 90 valence electrons. The topological polar surface area (TPSA) is 25.2 Å². The summed E-state index contributed by atoms with van der Waals surface area (Å²) in [5.74, 6) is 0.829. The summed E-state index contributed by atoms with van der Waals surface area (Å²) >= 11 is 11.5. The van der Waals surface area contributed by atoms with Crippen LogP contribution in [0.25, 0.3) is 0 Å². The second-order valence-corrected chi connectivity index (χ2v) is 4.67. The Balaban J connectivity index is 1.93. The van der Waals surface area contributed by atoms with E-state index in [4.69, 9.17) is 27.6 Å². The summed E-state index contributed by atoms with van der Waals surface area (Å²) < 4.78 is 5.27. The van der Waals surface area contributed by atoms with Gasteiger partial charge in [-0.25, -0.2) is 0 Å². The minimum Gasteiger partial charge on any atom is -0.448 e. The predicted octanol–water partition coefficient (Wildman–Crippen LogP) is 4.44. The van der Waals surface area contributed by atoms with Crippen LogP contribution in [0.4, 0.5) is 0 Å². The third-order valence-electron chi connectivity index (χ3n) is 2.58. The molecule has 0 amide bonds. The van der Waals surface area contributed by atoms with Crippen molar-refractivity contribution in [2.45, 2.75) is 19.5 Å². The van der Waals surface area contributed by atoms with Crippen LogP contribution in [0.5, 0.6) is 0 Å². The molecule has 0 aliphatic heterocycles. The summed E-state index contributed by atoms with van der Waals surface area (Å²) in [6.07, 6.45) is 0. The van der Waals surface area contributed by atoms with E-state index in [0.29, 0.717) is 11.8 Å². The summed E-state index contributed by atoms with van der Waals surface area (Å²) in [5, 5.41) is 4.52. The van der Waals surface area contributed by atoms with Crippen molar-refractivity contribution in [2.24, 2.45) is 0 Å². The molecule has 0 bridgehead atoms. The van der Waals surface area contributed by atoms with Crippen LogP contribution in [-0.4, -0.2) is 0 Å². The lowest BCUT2D eigenvalue weighted by Gasteiger charge is -2.13. The first-order valence-electron chi connectivity index (χ1n) is 5.38. The molecular weight excluding hydrogens is 257 g/mol. The van der Waals surface area contributed by atoms with Crippen molar-refractivity contribution in [3.63, 3.8) is 0 Å². The van der Waals surface area contributed by atoms with E-state index in [9.17, 15) is 0 Å². The fourth-order valence-corrected chi connectivity index (χ4v) is 1.86. The van der Waals surface area contributed by atoms with Crippen LogP contribution in [0.3, 0.4) is 0 Å². The molecule has 0 aliphatic carbocycles. The predicted molar refractivity (Wildman–Crippen MR) is 70.4 cm³/mol. The van der Waals surface area contributed by atoms with Crippen molar-refractivity contribution in [3.8, 4) is 0 Å². The Labute approximate surface area is 111 Å². The van der Waals surface area contributed by atoms with Gasteiger partial charge in [-0.05, 0) is 48.4 Å². The largest absolute Gasteiger partial charge is 0.448 e.